The number of methoxy groups -OCH3 is 1. The minimum Gasteiger partial charge on any atom is -0.497 e. The molecule has 0 aliphatic heterocycles. The summed E-state index contributed by atoms with van der Waals surface area (Å²) in [5, 5.41) is 0.871. The highest BCUT2D eigenvalue weighted by Gasteiger charge is 2.18. The topological polar surface area (TPSA) is 83.9 Å². The van der Waals surface area contributed by atoms with E-state index < -0.39 is 0 Å². The van der Waals surface area contributed by atoms with Gasteiger partial charge >= 0.3 is 5.97 Å². The summed E-state index contributed by atoms with van der Waals surface area (Å²) in [5.41, 5.74) is 10.2. The molecule has 35 heavy (non-hydrogen) atoms. The number of nitrogens with two attached hydrogens (primary N) is 1. The first kappa shape index (κ1) is 24.3. The number of aryl methyl sites for hydroxylation is 1. The molecule has 0 amide bonds. The van der Waals surface area contributed by atoms with Crippen LogP contribution in [0, 0.1) is 12.7 Å². The summed E-state index contributed by atoms with van der Waals surface area (Å²) in [7, 11) is 1.57. The van der Waals surface area contributed by atoms with E-state index in [0.717, 1.165) is 16.5 Å². The summed E-state index contributed by atoms with van der Waals surface area (Å²) >= 11 is 0. The molecular formula is C28H28FNO5. The average Bonchev–Trinajstić information content (AvgIpc) is 3.24. The van der Waals surface area contributed by atoms with E-state index >= 15 is 4.39 Å². The van der Waals surface area contributed by atoms with Gasteiger partial charge in [0.1, 0.15) is 29.5 Å². The highest BCUT2D eigenvalue weighted by Crippen LogP contribution is 2.36. The average molecular weight is 478 g/mol. The summed E-state index contributed by atoms with van der Waals surface area (Å²) in [5.74, 6) is 0.415. The number of hydrogen-bond acceptors (Lipinski definition) is 6. The summed E-state index contributed by atoms with van der Waals surface area (Å²) in [6.07, 6.45) is 1.73. The molecular weight excluding hydrogens is 449 g/mol. The number of esters is 1. The Hall–Kier alpha value is -3.84. The molecule has 3 aromatic carbocycles. The maximum Gasteiger partial charge on any atom is 0.310 e. The van der Waals surface area contributed by atoms with E-state index in [4.69, 9.17) is 24.4 Å². The fourth-order valence-electron chi connectivity index (χ4n) is 4.02. The van der Waals surface area contributed by atoms with Gasteiger partial charge in [-0.2, -0.15) is 0 Å². The van der Waals surface area contributed by atoms with Crippen molar-refractivity contribution >= 4 is 16.9 Å². The molecule has 0 fully saturated rings. The van der Waals surface area contributed by atoms with E-state index in [1.54, 1.807) is 56.7 Å². The van der Waals surface area contributed by atoms with Gasteiger partial charge in [-0.05, 0) is 43.2 Å². The minimum atomic E-state index is -0.368. The molecule has 0 saturated heterocycles. The quantitative estimate of drug-likeness (QED) is 0.311. The number of halogens is 1. The van der Waals surface area contributed by atoms with Crippen molar-refractivity contribution in [1.29, 1.82) is 0 Å². The van der Waals surface area contributed by atoms with E-state index in [1.165, 1.54) is 0 Å². The standard InChI is InChI=1S/C28H28FNO5/c1-4-33-26(31)12-19-8-9-21(32-3)13-25(19)34-16-18-10-23-17(2)15-35-28(23)24(11-18)22-7-5-6-20(14-30)27(22)29/h5-11,13,15H,4,12,14,16,30H2,1-3H3. The molecule has 0 aliphatic rings. The predicted octanol–water partition coefficient (Wildman–Crippen LogP) is 5.70. The van der Waals surface area contributed by atoms with Crippen molar-refractivity contribution in [3.8, 4) is 22.6 Å². The Balaban J connectivity index is 1.71. The first-order valence-electron chi connectivity index (χ1n) is 11.4. The molecule has 0 unspecified atom stereocenters. The highest BCUT2D eigenvalue weighted by molar-refractivity contribution is 5.95. The Morgan fingerprint density at radius 2 is 1.91 bits per heavy atom. The lowest BCUT2D eigenvalue weighted by Gasteiger charge is -2.14. The van der Waals surface area contributed by atoms with Crippen molar-refractivity contribution in [1.82, 2.24) is 0 Å². The molecule has 0 bridgehead atoms. The number of ether oxygens (including phenoxy) is 3. The zero-order chi connectivity index (χ0) is 24.9. The van der Waals surface area contributed by atoms with E-state index in [2.05, 4.69) is 0 Å². The first-order valence-corrected chi connectivity index (χ1v) is 11.4. The number of fused-ring (bicyclic) bond motifs is 1. The van der Waals surface area contributed by atoms with Crippen LogP contribution in [0.4, 0.5) is 4.39 Å². The third-order valence-electron chi connectivity index (χ3n) is 5.82. The molecule has 0 saturated carbocycles. The SMILES string of the molecule is CCOC(=O)Cc1ccc(OC)cc1OCc1cc(-c2cccc(CN)c2F)c2occ(C)c2c1. The Bertz CT molecular complexity index is 1360. The van der Waals surface area contributed by atoms with Gasteiger partial charge in [-0.3, -0.25) is 4.79 Å². The van der Waals surface area contributed by atoms with Crippen LogP contribution in [0.1, 0.15) is 29.2 Å². The van der Waals surface area contributed by atoms with Crippen LogP contribution in [0.15, 0.2) is 59.2 Å². The number of furan rings is 1. The molecule has 0 radical (unpaired) electrons. The fourth-order valence-corrected chi connectivity index (χ4v) is 4.02. The summed E-state index contributed by atoms with van der Waals surface area (Å²) in [6.45, 7) is 4.30. The van der Waals surface area contributed by atoms with Crippen molar-refractivity contribution < 1.29 is 27.8 Å². The molecule has 0 aliphatic carbocycles. The van der Waals surface area contributed by atoms with Crippen LogP contribution in [0.25, 0.3) is 22.1 Å². The van der Waals surface area contributed by atoms with Crippen LogP contribution in [0.2, 0.25) is 0 Å². The Morgan fingerprint density at radius 1 is 1.09 bits per heavy atom. The van der Waals surface area contributed by atoms with Gasteiger partial charge in [0.2, 0.25) is 0 Å². The van der Waals surface area contributed by atoms with Crippen LogP contribution in [-0.2, 0) is 29.1 Å². The lowest BCUT2D eigenvalue weighted by atomic mass is 9.97. The van der Waals surface area contributed by atoms with E-state index in [9.17, 15) is 4.79 Å². The maximum atomic E-state index is 15.2. The molecule has 0 atom stereocenters. The van der Waals surface area contributed by atoms with Gasteiger partial charge in [-0.1, -0.05) is 24.3 Å². The normalized spacial score (nSPS) is 11.0. The maximum absolute atomic E-state index is 15.2. The Labute approximate surface area is 203 Å². The summed E-state index contributed by atoms with van der Waals surface area (Å²) in [6, 6.07) is 14.3. The summed E-state index contributed by atoms with van der Waals surface area (Å²) < 4.78 is 37.5. The molecule has 1 heterocycles. The molecule has 7 heteroatoms. The monoisotopic (exact) mass is 477 g/mol. The Morgan fingerprint density at radius 3 is 2.66 bits per heavy atom. The van der Waals surface area contributed by atoms with Crippen molar-refractivity contribution in [2.75, 3.05) is 13.7 Å². The number of hydrogen-bond donors (Lipinski definition) is 1. The molecule has 1 aromatic heterocycles. The van der Waals surface area contributed by atoms with Crippen LogP contribution in [0.3, 0.4) is 0 Å². The molecule has 0 spiro atoms. The van der Waals surface area contributed by atoms with Gasteiger partial charge in [-0.15, -0.1) is 0 Å². The zero-order valence-electron chi connectivity index (χ0n) is 20.0. The minimum absolute atomic E-state index is 0.0788. The largest absolute Gasteiger partial charge is 0.497 e. The molecule has 2 N–H and O–H groups in total. The third kappa shape index (κ3) is 5.15. The smallest absolute Gasteiger partial charge is 0.310 e. The van der Waals surface area contributed by atoms with Gasteiger partial charge < -0.3 is 24.4 Å². The second-order valence-corrected chi connectivity index (χ2v) is 8.17. The molecule has 4 aromatic rings. The second-order valence-electron chi connectivity index (χ2n) is 8.17. The fraction of sp³-hybridized carbons (Fsp3) is 0.250. The van der Waals surface area contributed by atoms with Gasteiger partial charge in [0.05, 0.1) is 26.4 Å². The van der Waals surface area contributed by atoms with Gasteiger partial charge in [-0.25, -0.2) is 4.39 Å². The van der Waals surface area contributed by atoms with Crippen LogP contribution >= 0.6 is 0 Å². The second kappa shape index (κ2) is 10.6. The Kier molecular flexibility index (Phi) is 7.36. The van der Waals surface area contributed by atoms with Gasteiger partial charge in [0.15, 0.2) is 0 Å². The van der Waals surface area contributed by atoms with Crippen LogP contribution in [-0.4, -0.2) is 19.7 Å². The molecule has 6 nitrogen and oxygen atoms in total. The number of benzene rings is 3. The van der Waals surface area contributed by atoms with Crippen molar-refractivity contribution in [3.63, 3.8) is 0 Å². The third-order valence-corrected chi connectivity index (χ3v) is 5.82. The van der Waals surface area contributed by atoms with Crippen molar-refractivity contribution in [2.24, 2.45) is 5.73 Å². The van der Waals surface area contributed by atoms with Gasteiger partial charge in [0.25, 0.3) is 0 Å². The lowest BCUT2D eigenvalue weighted by molar-refractivity contribution is -0.142. The summed E-state index contributed by atoms with van der Waals surface area (Å²) in [4.78, 5) is 12.1. The van der Waals surface area contributed by atoms with Gasteiger partial charge in [0, 0.05) is 40.3 Å². The van der Waals surface area contributed by atoms with E-state index in [-0.39, 0.29) is 31.4 Å². The molecule has 182 valence electrons. The zero-order valence-corrected chi connectivity index (χ0v) is 20.0. The van der Waals surface area contributed by atoms with E-state index in [0.29, 0.717) is 45.9 Å². The van der Waals surface area contributed by atoms with Crippen molar-refractivity contribution in [2.45, 2.75) is 33.4 Å². The predicted molar refractivity (Wildman–Crippen MR) is 132 cm³/mol. The molecule has 4 rings (SSSR count). The van der Waals surface area contributed by atoms with Crippen molar-refractivity contribution in [3.05, 3.63) is 82.9 Å². The number of rotatable bonds is 9. The highest BCUT2D eigenvalue weighted by atomic mass is 19.1. The number of carbonyl (C=O) groups is 1. The lowest BCUT2D eigenvalue weighted by Crippen LogP contribution is -2.09. The van der Waals surface area contributed by atoms with Crippen LogP contribution < -0.4 is 15.2 Å². The first-order chi connectivity index (χ1) is 16.9. The number of carbonyl (C=O) groups excluding carboxylic acids is 1. The van der Waals surface area contributed by atoms with Crippen LogP contribution in [0.5, 0.6) is 11.5 Å². The van der Waals surface area contributed by atoms with E-state index in [1.807, 2.05) is 19.1 Å².